The number of carbonyl (C=O) groups excluding carboxylic acids is 1. The Balaban J connectivity index is 2.47. The number of rotatable bonds is 2. The summed E-state index contributed by atoms with van der Waals surface area (Å²) in [6.07, 6.45) is 0. The number of thiophene rings is 1. The molecule has 0 bridgehead atoms. The summed E-state index contributed by atoms with van der Waals surface area (Å²) in [5.74, 6) is -0.712. The number of anilines is 1. The molecule has 1 heterocycles. The summed E-state index contributed by atoms with van der Waals surface area (Å²) in [5.41, 5.74) is 7.16. The van der Waals surface area contributed by atoms with Crippen LogP contribution in [0.2, 0.25) is 0 Å². The molecule has 0 aliphatic carbocycles. The Kier molecular flexibility index (Phi) is 3.31. The number of nitrogen functional groups attached to an aromatic ring is 1. The molecule has 17 heavy (non-hydrogen) atoms. The van der Waals surface area contributed by atoms with Crippen molar-refractivity contribution in [3.8, 4) is 0 Å². The highest BCUT2D eigenvalue weighted by Crippen LogP contribution is 2.30. The lowest BCUT2D eigenvalue weighted by Gasteiger charge is -2.02. The molecule has 1 aromatic heterocycles. The first-order valence-corrected chi connectivity index (χ1v) is 6.45. The van der Waals surface area contributed by atoms with Gasteiger partial charge in [0, 0.05) is 11.3 Å². The van der Waals surface area contributed by atoms with Gasteiger partial charge in [-0.15, -0.1) is 11.3 Å². The van der Waals surface area contributed by atoms with E-state index in [9.17, 15) is 9.18 Å². The van der Waals surface area contributed by atoms with Gasteiger partial charge in [0.1, 0.15) is 5.82 Å². The standard InChI is InChI=1S/C12H9BrFNOS/c1-6-4-10(17-12(6)13)11(16)8-5-7(14)2-3-9(8)15/h2-5H,15H2,1H3. The van der Waals surface area contributed by atoms with Crippen LogP contribution in [-0.4, -0.2) is 5.78 Å². The average molecular weight is 314 g/mol. The monoisotopic (exact) mass is 313 g/mol. The summed E-state index contributed by atoms with van der Waals surface area (Å²) in [6.45, 7) is 1.90. The number of ketones is 1. The maximum Gasteiger partial charge on any atom is 0.205 e. The second-order valence-corrected chi connectivity index (χ2v) is 6.00. The van der Waals surface area contributed by atoms with E-state index in [4.69, 9.17) is 5.73 Å². The van der Waals surface area contributed by atoms with Gasteiger partial charge in [0.2, 0.25) is 5.78 Å². The lowest BCUT2D eigenvalue weighted by molar-refractivity contribution is 0.104. The van der Waals surface area contributed by atoms with Gasteiger partial charge in [-0.2, -0.15) is 0 Å². The van der Waals surface area contributed by atoms with E-state index in [-0.39, 0.29) is 11.3 Å². The number of halogens is 2. The Bertz CT molecular complexity index is 575. The van der Waals surface area contributed by atoms with Crippen LogP contribution in [0.1, 0.15) is 20.8 Å². The van der Waals surface area contributed by atoms with E-state index >= 15 is 0 Å². The van der Waals surface area contributed by atoms with Crippen LogP contribution in [0.3, 0.4) is 0 Å². The van der Waals surface area contributed by atoms with Crippen molar-refractivity contribution in [3.63, 3.8) is 0 Å². The molecule has 2 aromatic rings. The summed E-state index contributed by atoms with van der Waals surface area (Å²) in [7, 11) is 0. The molecule has 1 aromatic carbocycles. The molecule has 5 heteroatoms. The van der Waals surface area contributed by atoms with Gasteiger partial charge in [0.15, 0.2) is 0 Å². The molecule has 2 N–H and O–H groups in total. The quantitative estimate of drug-likeness (QED) is 0.677. The molecule has 0 saturated heterocycles. The van der Waals surface area contributed by atoms with E-state index in [2.05, 4.69) is 15.9 Å². The van der Waals surface area contributed by atoms with Gasteiger partial charge >= 0.3 is 0 Å². The third kappa shape index (κ3) is 2.40. The molecule has 0 aliphatic rings. The van der Waals surface area contributed by atoms with Crippen molar-refractivity contribution in [2.24, 2.45) is 0 Å². The fourth-order valence-electron chi connectivity index (χ4n) is 1.43. The lowest BCUT2D eigenvalue weighted by Crippen LogP contribution is -2.04. The van der Waals surface area contributed by atoms with Crippen molar-refractivity contribution >= 4 is 38.7 Å². The van der Waals surface area contributed by atoms with Crippen LogP contribution in [-0.2, 0) is 0 Å². The number of carbonyl (C=O) groups is 1. The number of aryl methyl sites for hydroxylation is 1. The summed E-state index contributed by atoms with van der Waals surface area (Å²) in [6, 6.07) is 5.57. The normalized spacial score (nSPS) is 10.5. The summed E-state index contributed by atoms with van der Waals surface area (Å²) >= 11 is 4.67. The molecule has 0 atom stereocenters. The third-order valence-electron chi connectivity index (χ3n) is 2.34. The molecule has 2 nitrogen and oxygen atoms in total. The van der Waals surface area contributed by atoms with E-state index in [0.717, 1.165) is 9.35 Å². The largest absolute Gasteiger partial charge is 0.398 e. The molecule has 0 unspecified atom stereocenters. The fourth-order valence-corrected chi connectivity index (χ4v) is 2.92. The molecule has 0 radical (unpaired) electrons. The Morgan fingerprint density at radius 1 is 1.41 bits per heavy atom. The second-order valence-electron chi connectivity index (χ2n) is 3.63. The van der Waals surface area contributed by atoms with Gasteiger partial charge in [-0.1, -0.05) is 0 Å². The van der Waals surface area contributed by atoms with Crippen LogP contribution in [0.4, 0.5) is 10.1 Å². The minimum atomic E-state index is -0.463. The highest BCUT2D eigenvalue weighted by Gasteiger charge is 2.16. The van der Waals surface area contributed by atoms with Crippen molar-refractivity contribution in [1.82, 2.24) is 0 Å². The van der Waals surface area contributed by atoms with Crippen LogP contribution >= 0.6 is 27.3 Å². The molecule has 88 valence electrons. The van der Waals surface area contributed by atoms with Gasteiger partial charge in [-0.05, 0) is 52.7 Å². The first-order valence-electron chi connectivity index (χ1n) is 4.84. The number of benzene rings is 1. The van der Waals surface area contributed by atoms with E-state index in [1.165, 1.54) is 29.5 Å². The lowest BCUT2D eigenvalue weighted by atomic mass is 10.1. The first kappa shape index (κ1) is 12.3. The zero-order valence-corrected chi connectivity index (χ0v) is 11.4. The van der Waals surface area contributed by atoms with E-state index < -0.39 is 5.82 Å². The van der Waals surface area contributed by atoms with Gasteiger partial charge in [0.25, 0.3) is 0 Å². The van der Waals surface area contributed by atoms with Crippen molar-refractivity contribution in [1.29, 1.82) is 0 Å². The minimum absolute atomic E-state index is 0.207. The maximum atomic E-state index is 13.1. The first-order chi connectivity index (χ1) is 7.99. The Labute approximate surface area is 110 Å². The highest BCUT2D eigenvalue weighted by atomic mass is 79.9. The van der Waals surface area contributed by atoms with Crippen LogP contribution in [0.5, 0.6) is 0 Å². The predicted octanol–water partition coefficient (Wildman–Crippen LogP) is 3.77. The number of hydrogen-bond donors (Lipinski definition) is 1. The third-order valence-corrected chi connectivity index (χ3v) is 4.48. The van der Waals surface area contributed by atoms with Crippen LogP contribution in [0.15, 0.2) is 28.1 Å². The van der Waals surface area contributed by atoms with Crippen LogP contribution in [0.25, 0.3) is 0 Å². The summed E-state index contributed by atoms with van der Waals surface area (Å²) in [5, 5.41) is 0. The number of nitrogens with two attached hydrogens (primary N) is 1. The van der Waals surface area contributed by atoms with Gasteiger partial charge in [0.05, 0.1) is 8.66 Å². The predicted molar refractivity (Wildman–Crippen MR) is 71.0 cm³/mol. The summed E-state index contributed by atoms with van der Waals surface area (Å²) < 4.78 is 14.0. The highest BCUT2D eigenvalue weighted by molar-refractivity contribution is 9.11. The van der Waals surface area contributed by atoms with Crippen molar-refractivity contribution < 1.29 is 9.18 Å². The van der Waals surface area contributed by atoms with Crippen molar-refractivity contribution in [2.75, 3.05) is 5.73 Å². The van der Waals surface area contributed by atoms with Gasteiger partial charge in [-0.25, -0.2) is 4.39 Å². The number of hydrogen-bond acceptors (Lipinski definition) is 3. The molecule has 0 aliphatic heterocycles. The molecule has 0 spiro atoms. The smallest absolute Gasteiger partial charge is 0.205 e. The fraction of sp³-hybridized carbons (Fsp3) is 0.0833. The molecule has 0 fully saturated rings. The maximum absolute atomic E-state index is 13.1. The molecule has 0 saturated carbocycles. The minimum Gasteiger partial charge on any atom is -0.398 e. The second kappa shape index (κ2) is 4.58. The van der Waals surface area contributed by atoms with Crippen molar-refractivity contribution in [3.05, 3.63) is 49.9 Å². The van der Waals surface area contributed by atoms with Crippen molar-refractivity contribution in [2.45, 2.75) is 6.92 Å². The van der Waals surface area contributed by atoms with Crippen LogP contribution < -0.4 is 5.73 Å². The average Bonchev–Trinajstić information content (AvgIpc) is 2.62. The van der Waals surface area contributed by atoms with E-state index in [0.29, 0.717) is 10.6 Å². The van der Waals surface area contributed by atoms with E-state index in [1.54, 1.807) is 6.07 Å². The Morgan fingerprint density at radius 2 is 2.12 bits per heavy atom. The molecular formula is C12H9BrFNOS. The zero-order valence-electron chi connectivity index (χ0n) is 8.96. The molecule has 2 rings (SSSR count). The van der Waals surface area contributed by atoms with E-state index in [1.807, 2.05) is 6.92 Å². The summed E-state index contributed by atoms with van der Waals surface area (Å²) in [4.78, 5) is 12.7. The Morgan fingerprint density at radius 3 is 2.71 bits per heavy atom. The zero-order chi connectivity index (χ0) is 12.6. The van der Waals surface area contributed by atoms with Gasteiger partial charge < -0.3 is 5.73 Å². The topological polar surface area (TPSA) is 43.1 Å². The molecular weight excluding hydrogens is 305 g/mol. The van der Waals surface area contributed by atoms with Gasteiger partial charge in [-0.3, -0.25) is 4.79 Å². The van der Waals surface area contributed by atoms with Crippen LogP contribution in [0, 0.1) is 12.7 Å². The Hall–Kier alpha value is -1.20. The SMILES string of the molecule is Cc1cc(C(=O)c2cc(F)ccc2N)sc1Br. The molecule has 0 amide bonds.